The highest BCUT2D eigenvalue weighted by atomic mass is 32.2. The zero-order valence-corrected chi connectivity index (χ0v) is 19.4. The number of benzene rings is 2. The predicted octanol–water partition coefficient (Wildman–Crippen LogP) is 2.50. The smallest absolute Gasteiger partial charge is 0.328 e. The van der Waals surface area contributed by atoms with Crippen molar-refractivity contribution in [3.05, 3.63) is 51.9 Å². The summed E-state index contributed by atoms with van der Waals surface area (Å²) in [5.74, 6) is 1.32. The number of hydrogen-bond acceptors (Lipinski definition) is 5. The first-order valence-corrected chi connectivity index (χ1v) is 11.7. The van der Waals surface area contributed by atoms with Gasteiger partial charge in [-0.05, 0) is 62.6 Å². The Morgan fingerprint density at radius 3 is 2.19 bits per heavy atom. The molecule has 1 heterocycles. The Hall–Kier alpha value is -2.78. The molecule has 0 aliphatic heterocycles. The quantitative estimate of drug-likeness (QED) is 0.544. The maximum Gasteiger partial charge on any atom is 0.328 e. The summed E-state index contributed by atoms with van der Waals surface area (Å²) >= 11 is 0. The predicted molar refractivity (Wildman–Crippen MR) is 121 cm³/mol. The summed E-state index contributed by atoms with van der Waals surface area (Å²) in [6.07, 6.45) is 0.497. The summed E-state index contributed by atoms with van der Waals surface area (Å²) in [6, 6.07) is 8.90. The molecule has 1 aromatic heterocycles. The molecule has 3 aromatic rings. The largest absolute Gasteiger partial charge is 0.490 e. The lowest BCUT2D eigenvalue weighted by Crippen LogP contribution is -2.26. The van der Waals surface area contributed by atoms with Gasteiger partial charge in [0.2, 0.25) is 10.0 Å². The van der Waals surface area contributed by atoms with Gasteiger partial charge in [-0.2, -0.15) is 0 Å². The molecule has 0 spiro atoms. The molecule has 0 bridgehead atoms. The van der Waals surface area contributed by atoms with Crippen LogP contribution < -0.4 is 19.9 Å². The molecule has 0 atom stereocenters. The van der Waals surface area contributed by atoms with Crippen LogP contribution in [-0.2, 0) is 30.5 Å². The Kier molecular flexibility index (Phi) is 6.76. The monoisotopic (exact) mass is 447 g/mol. The molecule has 2 aromatic carbocycles. The van der Waals surface area contributed by atoms with Crippen LogP contribution in [0.2, 0.25) is 0 Å². The van der Waals surface area contributed by atoms with Crippen molar-refractivity contribution < 1.29 is 17.9 Å². The molecule has 0 unspecified atom stereocenters. The van der Waals surface area contributed by atoms with Gasteiger partial charge in [0.15, 0.2) is 11.5 Å². The van der Waals surface area contributed by atoms with Gasteiger partial charge < -0.3 is 9.47 Å². The molecule has 9 heteroatoms. The third kappa shape index (κ3) is 4.62. The molecular weight excluding hydrogens is 418 g/mol. The Bertz CT molecular complexity index is 1260. The van der Waals surface area contributed by atoms with E-state index in [1.54, 1.807) is 33.2 Å². The molecule has 8 nitrogen and oxygen atoms in total. The molecule has 0 saturated carbocycles. The first-order chi connectivity index (χ1) is 14.7. The van der Waals surface area contributed by atoms with Crippen LogP contribution in [-0.4, -0.2) is 37.3 Å². The number of aromatic nitrogens is 2. The molecule has 3 rings (SSSR count). The maximum absolute atomic E-state index is 12.9. The van der Waals surface area contributed by atoms with Crippen LogP contribution in [0.3, 0.4) is 0 Å². The van der Waals surface area contributed by atoms with Crippen LogP contribution in [0, 0.1) is 6.92 Å². The Morgan fingerprint density at radius 2 is 1.55 bits per heavy atom. The van der Waals surface area contributed by atoms with Crippen molar-refractivity contribution in [1.82, 2.24) is 13.9 Å². The van der Waals surface area contributed by atoms with Crippen LogP contribution in [0.15, 0.2) is 40.0 Å². The minimum absolute atomic E-state index is 0.169. The fraction of sp³-hybridized carbons (Fsp3) is 0.409. The molecular formula is C22H29N3O5S. The SMILES string of the molecule is CCOc1ccc(CCNS(=O)(=O)c2cc3c(cc2C)n(C)c(=O)n3C)cc1OCC. The molecule has 31 heavy (non-hydrogen) atoms. The number of imidazole rings is 1. The fourth-order valence-corrected chi connectivity index (χ4v) is 4.85. The van der Waals surface area contributed by atoms with Crippen LogP contribution in [0.5, 0.6) is 11.5 Å². The van der Waals surface area contributed by atoms with Crippen molar-refractivity contribution in [2.45, 2.75) is 32.1 Å². The second-order valence-corrected chi connectivity index (χ2v) is 9.04. The van der Waals surface area contributed by atoms with Gasteiger partial charge in [0.1, 0.15) is 0 Å². The second-order valence-electron chi connectivity index (χ2n) is 7.30. The van der Waals surface area contributed by atoms with E-state index in [4.69, 9.17) is 9.47 Å². The normalized spacial score (nSPS) is 11.8. The number of hydrogen-bond donors (Lipinski definition) is 1. The lowest BCUT2D eigenvalue weighted by molar-refractivity contribution is 0.287. The van der Waals surface area contributed by atoms with E-state index in [0.29, 0.717) is 47.7 Å². The van der Waals surface area contributed by atoms with Crippen molar-refractivity contribution in [3.63, 3.8) is 0 Å². The van der Waals surface area contributed by atoms with E-state index in [9.17, 15) is 13.2 Å². The minimum Gasteiger partial charge on any atom is -0.490 e. The lowest BCUT2D eigenvalue weighted by atomic mass is 10.1. The molecule has 1 N–H and O–H groups in total. The summed E-state index contributed by atoms with van der Waals surface area (Å²) in [5, 5.41) is 0. The maximum atomic E-state index is 12.9. The highest BCUT2D eigenvalue weighted by Gasteiger charge is 2.20. The van der Waals surface area contributed by atoms with Crippen molar-refractivity contribution in [1.29, 1.82) is 0 Å². The minimum atomic E-state index is -3.74. The number of sulfonamides is 1. The molecule has 0 aliphatic rings. The third-order valence-electron chi connectivity index (χ3n) is 5.17. The van der Waals surface area contributed by atoms with Gasteiger partial charge in [0, 0.05) is 20.6 Å². The molecule has 168 valence electrons. The third-order valence-corrected chi connectivity index (χ3v) is 6.77. The summed E-state index contributed by atoms with van der Waals surface area (Å²) < 4.78 is 42.7. The summed E-state index contributed by atoms with van der Waals surface area (Å²) in [4.78, 5) is 12.3. The van der Waals surface area contributed by atoms with E-state index < -0.39 is 10.0 Å². The van der Waals surface area contributed by atoms with Crippen molar-refractivity contribution in [2.24, 2.45) is 14.1 Å². The average Bonchev–Trinajstić information content (AvgIpc) is 2.93. The summed E-state index contributed by atoms with van der Waals surface area (Å²) in [7, 11) is -0.439. The molecule has 0 fully saturated rings. The standard InChI is InChI=1S/C22H29N3O5S/c1-6-29-19-9-8-16(13-20(19)30-7-2)10-11-23-31(27,28)21-14-18-17(12-15(21)3)24(4)22(26)25(18)5/h8-9,12-14,23H,6-7,10-11H2,1-5H3. The Balaban J connectivity index is 1.79. The Labute approximate surface area is 182 Å². The number of ether oxygens (including phenoxy) is 2. The molecule has 0 aliphatic carbocycles. The van der Waals surface area contributed by atoms with Gasteiger partial charge >= 0.3 is 5.69 Å². The molecule has 0 radical (unpaired) electrons. The van der Waals surface area contributed by atoms with Crippen LogP contribution in [0.4, 0.5) is 0 Å². The van der Waals surface area contributed by atoms with Crippen molar-refractivity contribution in [2.75, 3.05) is 19.8 Å². The van der Waals surface area contributed by atoms with E-state index in [0.717, 1.165) is 5.56 Å². The molecule has 0 amide bonds. The summed E-state index contributed by atoms with van der Waals surface area (Å²) in [5.41, 5.74) is 2.60. The van der Waals surface area contributed by atoms with E-state index in [2.05, 4.69) is 4.72 Å². The van der Waals surface area contributed by atoms with Gasteiger partial charge in [-0.3, -0.25) is 9.13 Å². The number of rotatable bonds is 9. The first-order valence-electron chi connectivity index (χ1n) is 10.2. The van der Waals surface area contributed by atoms with Gasteiger partial charge in [0.25, 0.3) is 0 Å². The Morgan fingerprint density at radius 1 is 0.935 bits per heavy atom. The van der Waals surface area contributed by atoms with Crippen molar-refractivity contribution in [3.8, 4) is 11.5 Å². The van der Waals surface area contributed by atoms with E-state index in [1.165, 1.54) is 9.13 Å². The second kappa shape index (κ2) is 9.15. The number of fused-ring (bicyclic) bond motifs is 1. The van der Waals surface area contributed by atoms with Gasteiger partial charge in [-0.1, -0.05) is 6.07 Å². The van der Waals surface area contributed by atoms with E-state index in [-0.39, 0.29) is 17.1 Å². The van der Waals surface area contributed by atoms with E-state index >= 15 is 0 Å². The van der Waals surface area contributed by atoms with Gasteiger partial charge in [0.05, 0.1) is 29.1 Å². The average molecular weight is 448 g/mol. The summed E-state index contributed by atoms with van der Waals surface area (Å²) in [6.45, 7) is 6.82. The number of nitrogens with zero attached hydrogens (tertiary/aromatic N) is 2. The highest BCUT2D eigenvalue weighted by molar-refractivity contribution is 7.89. The van der Waals surface area contributed by atoms with Crippen molar-refractivity contribution >= 4 is 21.1 Å². The zero-order chi connectivity index (χ0) is 22.8. The van der Waals surface area contributed by atoms with Gasteiger partial charge in [-0.15, -0.1) is 0 Å². The fourth-order valence-electron chi connectivity index (χ4n) is 3.58. The van der Waals surface area contributed by atoms with Gasteiger partial charge in [-0.25, -0.2) is 17.9 Å². The number of nitrogens with one attached hydrogen (secondary N) is 1. The van der Waals surface area contributed by atoms with Crippen LogP contribution >= 0.6 is 0 Å². The van der Waals surface area contributed by atoms with Crippen LogP contribution in [0.25, 0.3) is 11.0 Å². The topological polar surface area (TPSA) is 91.6 Å². The lowest BCUT2D eigenvalue weighted by Gasteiger charge is -2.13. The number of aryl methyl sites for hydroxylation is 3. The zero-order valence-electron chi connectivity index (χ0n) is 18.6. The van der Waals surface area contributed by atoms with Crippen LogP contribution in [0.1, 0.15) is 25.0 Å². The molecule has 0 saturated heterocycles. The highest BCUT2D eigenvalue weighted by Crippen LogP contribution is 2.29. The van der Waals surface area contributed by atoms with E-state index in [1.807, 2.05) is 32.0 Å². The first kappa shape index (κ1) is 22.9.